The maximum absolute atomic E-state index is 6.05. The third kappa shape index (κ3) is 5.50. The molecular weight excluding hydrogens is 451 g/mol. The van der Waals surface area contributed by atoms with E-state index in [1.165, 1.54) is 58.2 Å². The van der Waals surface area contributed by atoms with E-state index in [1.54, 1.807) is 0 Å². The highest BCUT2D eigenvalue weighted by molar-refractivity contribution is 14.0. The van der Waals surface area contributed by atoms with Gasteiger partial charge >= 0.3 is 0 Å². The van der Waals surface area contributed by atoms with Crippen molar-refractivity contribution in [1.82, 2.24) is 15.5 Å². The molecule has 0 aromatic heterocycles. The summed E-state index contributed by atoms with van der Waals surface area (Å²) in [5, 5.41) is 7.46. The molecular formula is C21H41IN4O. The second kappa shape index (κ2) is 10.6. The van der Waals surface area contributed by atoms with Gasteiger partial charge in [0.15, 0.2) is 5.96 Å². The summed E-state index contributed by atoms with van der Waals surface area (Å²) < 4.78 is 6.05. The number of piperidine rings is 1. The van der Waals surface area contributed by atoms with Gasteiger partial charge in [-0.05, 0) is 44.9 Å². The molecule has 1 spiro atoms. The van der Waals surface area contributed by atoms with Gasteiger partial charge in [-0.3, -0.25) is 4.99 Å². The molecule has 0 aromatic rings. The number of halogens is 1. The fourth-order valence-corrected chi connectivity index (χ4v) is 5.39. The summed E-state index contributed by atoms with van der Waals surface area (Å²) in [7, 11) is 1.91. The number of hydrogen-bond donors (Lipinski definition) is 2. The van der Waals surface area contributed by atoms with Crippen molar-refractivity contribution in [2.75, 3.05) is 33.3 Å². The Bertz CT molecular complexity index is 471. The second-order valence-electron chi connectivity index (χ2n) is 9.00. The van der Waals surface area contributed by atoms with Gasteiger partial charge in [0.05, 0.1) is 6.10 Å². The van der Waals surface area contributed by atoms with Crippen LogP contribution in [0.4, 0.5) is 0 Å². The van der Waals surface area contributed by atoms with Crippen molar-refractivity contribution in [2.24, 2.45) is 16.3 Å². The molecule has 158 valence electrons. The van der Waals surface area contributed by atoms with Gasteiger partial charge in [0.2, 0.25) is 0 Å². The van der Waals surface area contributed by atoms with E-state index in [0.717, 1.165) is 24.9 Å². The first-order chi connectivity index (χ1) is 12.6. The molecule has 2 unspecified atom stereocenters. The minimum absolute atomic E-state index is 0. The van der Waals surface area contributed by atoms with Crippen LogP contribution in [0.2, 0.25) is 0 Å². The van der Waals surface area contributed by atoms with Crippen molar-refractivity contribution in [3.8, 4) is 0 Å². The Balaban J connectivity index is 0.00000261. The summed E-state index contributed by atoms with van der Waals surface area (Å²) >= 11 is 0. The number of rotatable bonds is 6. The molecule has 2 atom stereocenters. The molecule has 3 fully saturated rings. The fraction of sp³-hybridized carbons (Fsp3) is 0.952. The molecule has 3 aliphatic rings. The molecule has 0 bridgehead atoms. The van der Waals surface area contributed by atoms with Crippen molar-refractivity contribution in [3.05, 3.63) is 0 Å². The van der Waals surface area contributed by atoms with E-state index in [2.05, 4.69) is 41.3 Å². The standard InChI is InChI=1S/C21H40N4O.HI/c1-5-26-19-14-18(21(19)10-6-7-11-21)24-20(22-4)23-17-8-12-25(13-9-17)15-16(2)3;/h16-19H,5-15H2,1-4H3,(H2,22,23,24);1H. The predicted octanol–water partition coefficient (Wildman–Crippen LogP) is 3.63. The number of guanidine groups is 1. The molecule has 2 N–H and O–H groups in total. The van der Waals surface area contributed by atoms with Crippen molar-refractivity contribution in [2.45, 2.75) is 83.9 Å². The quantitative estimate of drug-likeness (QED) is 0.338. The Morgan fingerprint density at radius 2 is 1.85 bits per heavy atom. The monoisotopic (exact) mass is 492 g/mol. The number of nitrogens with one attached hydrogen (secondary N) is 2. The van der Waals surface area contributed by atoms with E-state index in [1.807, 2.05) is 7.05 Å². The van der Waals surface area contributed by atoms with Crippen LogP contribution in [-0.2, 0) is 4.74 Å². The van der Waals surface area contributed by atoms with Crippen LogP contribution in [0.3, 0.4) is 0 Å². The summed E-state index contributed by atoms with van der Waals surface area (Å²) in [4.78, 5) is 7.14. The highest BCUT2D eigenvalue weighted by atomic mass is 127. The molecule has 1 heterocycles. The van der Waals surface area contributed by atoms with Crippen molar-refractivity contribution >= 4 is 29.9 Å². The van der Waals surface area contributed by atoms with Crippen LogP contribution in [0.15, 0.2) is 4.99 Å². The summed E-state index contributed by atoms with van der Waals surface area (Å²) in [6.45, 7) is 11.2. The molecule has 3 rings (SSSR count). The first-order valence-electron chi connectivity index (χ1n) is 10.9. The molecule has 5 nitrogen and oxygen atoms in total. The topological polar surface area (TPSA) is 48.9 Å². The van der Waals surface area contributed by atoms with Crippen LogP contribution in [0, 0.1) is 11.3 Å². The lowest BCUT2D eigenvalue weighted by Gasteiger charge is -2.54. The second-order valence-corrected chi connectivity index (χ2v) is 9.00. The first-order valence-corrected chi connectivity index (χ1v) is 10.9. The van der Waals surface area contributed by atoms with Gasteiger partial charge in [0, 0.05) is 50.8 Å². The summed E-state index contributed by atoms with van der Waals surface area (Å²) in [5.74, 6) is 1.76. The normalized spacial score (nSPS) is 28.9. The summed E-state index contributed by atoms with van der Waals surface area (Å²) in [5.41, 5.74) is 0.355. The van der Waals surface area contributed by atoms with Gasteiger partial charge in [-0.25, -0.2) is 0 Å². The molecule has 2 saturated carbocycles. The van der Waals surface area contributed by atoms with E-state index in [0.29, 0.717) is 23.6 Å². The van der Waals surface area contributed by atoms with Crippen molar-refractivity contribution < 1.29 is 4.74 Å². The van der Waals surface area contributed by atoms with E-state index in [4.69, 9.17) is 4.74 Å². The third-order valence-corrected chi connectivity index (χ3v) is 6.77. The number of hydrogen-bond acceptors (Lipinski definition) is 3. The van der Waals surface area contributed by atoms with Gasteiger partial charge in [-0.1, -0.05) is 26.7 Å². The Labute approximate surface area is 183 Å². The van der Waals surface area contributed by atoms with Gasteiger partial charge in [-0.15, -0.1) is 24.0 Å². The Morgan fingerprint density at radius 3 is 2.41 bits per heavy atom. The largest absolute Gasteiger partial charge is 0.378 e. The Hall–Kier alpha value is -0.0800. The van der Waals surface area contributed by atoms with Gasteiger partial charge in [0.25, 0.3) is 0 Å². The molecule has 1 aliphatic heterocycles. The van der Waals surface area contributed by atoms with Crippen LogP contribution in [0.25, 0.3) is 0 Å². The highest BCUT2D eigenvalue weighted by Gasteiger charge is 2.57. The molecule has 0 amide bonds. The summed E-state index contributed by atoms with van der Waals surface area (Å²) in [6.07, 6.45) is 9.31. The smallest absolute Gasteiger partial charge is 0.191 e. The van der Waals surface area contributed by atoms with Crippen LogP contribution in [0.1, 0.15) is 65.7 Å². The van der Waals surface area contributed by atoms with Gasteiger partial charge < -0.3 is 20.3 Å². The van der Waals surface area contributed by atoms with Crippen LogP contribution in [0.5, 0.6) is 0 Å². The number of aliphatic imine (C=N–C) groups is 1. The maximum Gasteiger partial charge on any atom is 0.191 e. The molecule has 6 heteroatoms. The lowest BCUT2D eigenvalue weighted by Crippen LogP contribution is -2.65. The zero-order valence-electron chi connectivity index (χ0n) is 17.8. The maximum atomic E-state index is 6.05. The zero-order valence-corrected chi connectivity index (χ0v) is 20.1. The van der Waals surface area contributed by atoms with E-state index in [9.17, 15) is 0 Å². The summed E-state index contributed by atoms with van der Waals surface area (Å²) in [6, 6.07) is 1.07. The molecule has 0 aromatic carbocycles. The number of ether oxygens (including phenoxy) is 1. The SMILES string of the molecule is CCOC1CC(NC(=NC)NC2CCN(CC(C)C)CC2)C12CCCC2.I. The van der Waals surface area contributed by atoms with Crippen molar-refractivity contribution in [1.29, 1.82) is 0 Å². The van der Waals surface area contributed by atoms with E-state index < -0.39 is 0 Å². The fourth-order valence-electron chi connectivity index (χ4n) is 5.39. The predicted molar refractivity (Wildman–Crippen MR) is 124 cm³/mol. The highest BCUT2D eigenvalue weighted by Crippen LogP contribution is 2.54. The van der Waals surface area contributed by atoms with Gasteiger partial charge in [-0.2, -0.15) is 0 Å². The minimum Gasteiger partial charge on any atom is -0.378 e. The van der Waals surface area contributed by atoms with E-state index >= 15 is 0 Å². The molecule has 1 saturated heterocycles. The van der Waals surface area contributed by atoms with Crippen LogP contribution < -0.4 is 10.6 Å². The van der Waals surface area contributed by atoms with E-state index in [-0.39, 0.29) is 24.0 Å². The molecule has 2 aliphatic carbocycles. The third-order valence-electron chi connectivity index (χ3n) is 6.77. The van der Waals surface area contributed by atoms with Crippen LogP contribution in [-0.4, -0.2) is 62.3 Å². The molecule has 0 radical (unpaired) electrons. The van der Waals surface area contributed by atoms with Crippen LogP contribution >= 0.6 is 24.0 Å². The number of likely N-dealkylation sites (tertiary alicyclic amines) is 1. The zero-order chi connectivity index (χ0) is 18.6. The Kier molecular flexibility index (Phi) is 9.13. The Morgan fingerprint density at radius 1 is 1.19 bits per heavy atom. The average Bonchev–Trinajstić information content (AvgIpc) is 3.14. The average molecular weight is 492 g/mol. The minimum atomic E-state index is 0. The molecule has 27 heavy (non-hydrogen) atoms. The number of nitrogens with zero attached hydrogens (tertiary/aromatic N) is 2. The van der Waals surface area contributed by atoms with Crippen molar-refractivity contribution in [3.63, 3.8) is 0 Å². The van der Waals surface area contributed by atoms with Gasteiger partial charge in [0.1, 0.15) is 0 Å². The lowest BCUT2D eigenvalue weighted by molar-refractivity contribution is -0.125. The lowest BCUT2D eigenvalue weighted by atomic mass is 9.60. The first kappa shape index (κ1) is 23.2.